The number of carboxylic acids is 1. The van der Waals surface area contributed by atoms with Gasteiger partial charge >= 0.3 is 12.0 Å². The van der Waals surface area contributed by atoms with Crippen LogP contribution in [-0.4, -0.2) is 54.9 Å². The molecule has 104 valence electrons. The smallest absolute Gasteiger partial charge is 0.317 e. The number of aliphatic carboxylic acids is 1. The number of nitrogens with one attached hydrogen (secondary N) is 1. The first kappa shape index (κ1) is 14.8. The molecule has 0 spiro atoms. The molecule has 0 aromatic heterocycles. The highest BCUT2D eigenvalue weighted by Gasteiger charge is 2.30. The topological polar surface area (TPSA) is 78.9 Å². The number of amides is 2. The molecule has 0 aromatic rings. The third-order valence-electron chi connectivity index (χ3n) is 3.25. The molecular weight excluding hydrogens is 236 g/mol. The van der Waals surface area contributed by atoms with E-state index in [1.54, 1.807) is 12.0 Å². The first-order valence-electron chi connectivity index (χ1n) is 6.36. The van der Waals surface area contributed by atoms with E-state index in [0.717, 1.165) is 12.8 Å². The van der Waals surface area contributed by atoms with Crippen LogP contribution in [-0.2, 0) is 9.53 Å². The molecule has 1 aliphatic rings. The van der Waals surface area contributed by atoms with E-state index in [1.807, 2.05) is 0 Å². The Morgan fingerprint density at radius 2 is 2.28 bits per heavy atom. The molecule has 2 amide bonds. The Hall–Kier alpha value is -1.30. The van der Waals surface area contributed by atoms with Gasteiger partial charge in [-0.05, 0) is 12.8 Å². The number of likely N-dealkylation sites (tertiary alicyclic amines) is 1. The third-order valence-corrected chi connectivity index (χ3v) is 3.25. The third kappa shape index (κ3) is 4.18. The van der Waals surface area contributed by atoms with Crippen LogP contribution < -0.4 is 5.32 Å². The van der Waals surface area contributed by atoms with Crippen molar-refractivity contribution in [3.8, 4) is 0 Å². The highest BCUT2D eigenvalue weighted by atomic mass is 16.5. The minimum absolute atomic E-state index is 0.0248. The van der Waals surface area contributed by atoms with Gasteiger partial charge in [0.2, 0.25) is 0 Å². The molecule has 2 N–H and O–H groups in total. The maximum Gasteiger partial charge on any atom is 0.317 e. The van der Waals surface area contributed by atoms with Crippen LogP contribution >= 0.6 is 0 Å². The summed E-state index contributed by atoms with van der Waals surface area (Å²) >= 11 is 0. The molecule has 1 heterocycles. The first-order chi connectivity index (χ1) is 8.58. The molecule has 0 aromatic carbocycles. The highest BCUT2D eigenvalue weighted by Crippen LogP contribution is 2.16. The van der Waals surface area contributed by atoms with E-state index in [9.17, 15) is 9.59 Å². The Morgan fingerprint density at radius 1 is 1.56 bits per heavy atom. The van der Waals surface area contributed by atoms with Crippen molar-refractivity contribution in [1.29, 1.82) is 0 Å². The molecule has 0 radical (unpaired) electrons. The molecule has 6 nitrogen and oxygen atoms in total. The number of carbonyl (C=O) groups is 2. The number of hydrogen-bond acceptors (Lipinski definition) is 3. The molecular formula is C12H22N2O4. The number of ether oxygens (including phenoxy) is 1. The number of urea groups is 1. The van der Waals surface area contributed by atoms with Gasteiger partial charge in [-0.1, -0.05) is 13.3 Å². The zero-order valence-electron chi connectivity index (χ0n) is 11.0. The standard InChI is InChI=1S/C12H22N2O4/c1-3-4-10(18-2)7-13-12(17)14-6-5-9(8-14)11(15)16/h9-10H,3-8H2,1-2H3,(H,13,17)(H,15,16). The summed E-state index contributed by atoms with van der Waals surface area (Å²) in [6, 6.07) is -0.197. The number of carbonyl (C=O) groups excluding carboxylic acids is 1. The highest BCUT2D eigenvalue weighted by molar-refractivity contribution is 5.77. The molecule has 0 bridgehead atoms. The van der Waals surface area contributed by atoms with Crippen molar-refractivity contribution in [2.45, 2.75) is 32.3 Å². The van der Waals surface area contributed by atoms with Crippen molar-refractivity contribution in [2.24, 2.45) is 5.92 Å². The van der Waals surface area contributed by atoms with Gasteiger partial charge in [-0.25, -0.2) is 4.79 Å². The maximum atomic E-state index is 11.8. The summed E-state index contributed by atoms with van der Waals surface area (Å²) < 4.78 is 5.24. The van der Waals surface area contributed by atoms with Crippen LogP contribution in [0.3, 0.4) is 0 Å². The Kier molecular flexibility index (Phi) is 5.91. The molecule has 1 aliphatic heterocycles. The zero-order chi connectivity index (χ0) is 13.5. The van der Waals surface area contributed by atoms with Crippen molar-refractivity contribution < 1.29 is 19.4 Å². The van der Waals surface area contributed by atoms with E-state index in [-0.39, 0.29) is 12.1 Å². The van der Waals surface area contributed by atoms with E-state index in [4.69, 9.17) is 9.84 Å². The summed E-state index contributed by atoms with van der Waals surface area (Å²) in [5.41, 5.74) is 0. The predicted octanol–water partition coefficient (Wildman–Crippen LogP) is 0.918. The van der Waals surface area contributed by atoms with E-state index in [1.165, 1.54) is 0 Å². The van der Waals surface area contributed by atoms with E-state index < -0.39 is 11.9 Å². The van der Waals surface area contributed by atoms with Gasteiger partial charge in [-0.3, -0.25) is 4.79 Å². The van der Waals surface area contributed by atoms with Crippen molar-refractivity contribution in [3.05, 3.63) is 0 Å². The lowest BCUT2D eigenvalue weighted by Crippen LogP contribution is -2.42. The number of carboxylic acid groups (broad SMARTS) is 1. The molecule has 2 atom stereocenters. The van der Waals surface area contributed by atoms with Crippen LogP contribution in [0.25, 0.3) is 0 Å². The fraction of sp³-hybridized carbons (Fsp3) is 0.833. The van der Waals surface area contributed by atoms with Crippen molar-refractivity contribution in [1.82, 2.24) is 10.2 Å². The zero-order valence-corrected chi connectivity index (χ0v) is 11.0. The largest absolute Gasteiger partial charge is 0.481 e. The first-order valence-corrected chi connectivity index (χ1v) is 6.36. The van der Waals surface area contributed by atoms with Crippen LogP contribution in [0.5, 0.6) is 0 Å². The minimum atomic E-state index is -0.828. The van der Waals surface area contributed by atoms with Crippen LogP contribution in [0, 0.1) is 5.92 Å². The fourth-order valence-corrected chi connectivity index (χ4v) is 2.08. The quantitative estimate of drug-likeness (QED) is 0.742. The Morgan fingerprint density at radius 3 is 2.78 bits per heavy atom. The summed E-state index contributed by atoms with van der Waals surface area (Å²) in [6.45, 7) is 3.34. The summed E-state index contributed by atoms with van der Waals surface area (Å²) in [4.78, 5) is 24.1. The average molecular weight is 258 g/mol. The summed E-state index contributed by atoms with van der Waals surface area (Å²) in [7, 11) is 1.63. The normalized spacial score (nSPS) is 20.8. The summed E-state index contributed by atoms with van der Waals surface area (Å²) in [6.07, 6.45) is 2.45. The number of nitrogens with zero attached hydrogens (tertiary/aromatic N) is 1. The fourth-order valence-electron chi connectivity index (χ4n) is 2.08. The van der Waals surface area contributed by atoms with Gasteiger partial charge in [-0.15, -0.1) is 0 Å². The molecule has 1 fully saturated rings. The molecule has 0 saturated carbocycles. The van der Waals surface area contributed by atoms with Crippen molar-refractivity contribution in [2.75, 3.05) is 26.7 Å². The minimum Gasteiger partial charge on any atom is -0.481 e. The van der Waals surface area contributed by atoms with Crippen LogP contribution in [0.15, 0.2) is 0 Å². The lowest BCUT2D eigenvalue weighted by molar-refractivity contribution is -0.141. The van der Waals surface area contributed by atoms with E-state index in [0.29, 0.717) is 26.1 Å². The average Bonchev–Trinajstić information content (AvgIpc) is 2.83. The molecule has 1 saturated heterocycles. The molecule has 1 rings (SSSR count). The van der Waals surface area contributed by atoms with Crippen LogP contribution in [0.1, 0.15) is 26.2 Å². The molecule has 2 unspecified atom stereocenters. The summed E-state index contributed by atoms with van der Waals surface area (Å²) in [5, 5.41) is 11.6. The lowest BCUT2D eigenvalue weighted by atomic mass is 10.1. The second-order valence-corrected chi connectivity index (χ2v) is 4.60. The SMILES string of the molecule is CCCC(CNC(=O)N1CCC(C(=O)O)C1)OC. The maximum absolute atomic E-state index is 11.8. The number of hydrogen-bond donors (Lipinski definition) is 2. The monoisotopic (exact) mass is 258 g/mol. The number of methoxy groups -OCH3 is 1. The van der Waals surface area contributed by atoms with Gasteiger partial charge in [-0.2, -0.15) is 0 Å². The predicted molar refractivity (Wildman–Crippen MR) is 66.4 cm³/mol. The Balaban J connectivity index is 2.31. The summed E-state index contributed by atoms with van der Waals surface area (Å²) in [5.74, 6) is -1.25. The van der Waals surface area contributed by atoms with E-state index in [2.05, 4.69) is 12.2 Å². The number of rotatable bonds is 6. The Bertz CT molecular complexity index is 296. The van der Waals surface area contributed by atoms with Gasteiger partial charge in [0, 0.05) is 26.7 Å². The van der Waals surface area contributed by atoms with Crippen LogP contribution in [0.2, 0.25) is 0 Å². The molecule has 0 aliphatic carbocycles. The van der Waals surface area contributed by atoms with Gasteiger partial charge in [0.25, 0.3) is 0 Å². The second kappa shape index (κ2) is 7.20. The van der Waals surface area contributed by atoms with Gasteiger partial charge in [0.05, 0.1) is 12.0 Å². The van der Waals surface area contributed by atoms with Crippen molar-refractivity contribution in [3.63, 3.8) is 0 Å². The molecule has 18 heavy (non-hydrogen) atoms. The van der Waals surface area contributed by atoms with E-state index >= 15 is 0 Å². The van der Waals surface area contributed by atoms with Crippen molar-refractivity contribution >= 4 is 12.0 Å². The van der Waals surface area contributed by atoms with Gasteiger partial charge in [0.1, 0.15) is 0 Å². The lowest BCUT2D eigenvalue weighted by Gasteiger charge is -2.20. The van der Waals surface area contributed by atoms with Crippen LogP contribution in [0.4, 0.5) is 4.79 Å². The molecule has 6 heteroatoms. The van der Waals surface area contributed by atoms with Gasteiger partial charge < -0.3 is 20.1 Å². The second-order valence-electron chi connectivity index (χ2n) is 4.60. The van der Waals surface area contributed by atoms with Gasteiger partial charge in [0.15, 0.2) is 0 Å². The Labute approximate surface area is 107 Å².